The molecule has 6 heterocycles. The second-order valence-electron chi connectivity index (χ2n) is 9.56. The molecule has 3 N–H and O–H groups in total. The Bertz CT molecular complexity index is 1920. The van der Waals surface area contributed by atoms with Crippen LogP contribution in [0.4, 0.5) is 11.4 Å². The number of hydrogen-bond donors (Lipinski definition) is 2. The SMILES string of the molecule is CO.Cc1ncc(N)cc1-n1cc(-c2cnn(C)c2C)nn1.Cc1ncc([N+](=O)[O-])cc1-n1cc(-c2cnn(C)c2C)nn1. The Hall–Kier alpha value is -5.84. The summed E-state index contributed by atoms with van der Waals surface area (Å²) in [7, 11) is 4.74. The van der Waals surface area contributed by atoms with Crippen molar-refractivity contribution in [1.29, 1.82) is 0 Å². The second kappa shape index (κ2) is 13.0. The van der Waals surface area contributed by atoms with Crippen molar-refractivity contribution in [2.45, 2.75) is 27.7 Å². The van der Waals surface area contributed by atoms with Crippen LogP contribution in [0.3, 0.4) is 0 Å². The third kappa shape index (κ3) is 6.31. The molecule has 0 unspecified atom stereocenters. The molecule has 6 aromatic rings. The van der Waals surface area contributed by atoms with Crippen molar-refractivity contribution < 1.29 is 10.0 Å². The maximum absolute atomic E-state index is 10.9. The van der Waals surface area contributed by atoms with Gasteiger partial charge in [0.15, 0.2) is 0 Å². The molecule has 44 heavy (non-hydrogen) atoms. The Morgan fingerprint density at radius 2 is 1.20 bits per heavy atom. The van der Waals surface area contributed by atoms with Gasteiger partial charge in [0.1, 0.15) is 17.6 Å². The van der Waals surface area contributed by atoms with Gasteiger partial charge in [-0.2, -0.15) is 10.2 Å². The van der Waals surface area contributed by atoms with Gasteiger partial charge in [-0.3, -0.25) is 29.4 Å². The van der Waals surface area contributed by atoms with E-state index in [0.717, 1.165) is 46.7 Å². The predicted octanol–water partition coefficient (Wildman–Crippen LogP) is 2.46. The molecule has 17 nitrogen and oxygen atoms in total. The van der Waals surface area contributed by atoms with Crippen LogP contribution in [-0.4, -0.2) is 76.7 Å². The van der Waals surface area contributed by atoms with Gasteiger partial charge in [0.2, 0.25) is 0 Å². The Kier molecular flexibility index (Phi) is 9.18. The lowest BCUT2D eigenvalue weighted by atomic mass is 10.2. The van der Waals surface area contributed by atoms with E-state index in [4.69, 9.17) is 10.8 Å². The summed E-state index contributed by atoms with van der Waals surface area (Å²) in [5, 5.41) is 42.8. The first-order chi connectivity index (χ1) is 21.0. The molecule has 6 aromatic heterocycles. The summed E-state index contributed by atoms with van der Waals surface area (Å²) >= 11 is 0. The number of aliphatic hydroxyl groups excluding tert-OH is 1. The summed E-state index contributed by atoms with van der Waals surface area (Å²) in [4.78, 5) is 18.7. The molecule has 0 saturated heterocycles. The molecule has 0 radical (unpaired) electrons. The summed E-state index contributed by atoms with van der Waals surface area (Å²) in [6.07, 6.45) is 9.91. The standard InChI is InChI=1S/C13H13N7O2.C13H15N7.CH4O/c1-8-13(4-10(5-14-8)20(21)22)19-7-12(16-17-19)11-6-15-18(3)9(11)2;1-8-13(4-10(14)5-15-8)20-7-12(17-18-20)11-6-16-19(3)9(11)2;1-2/h4-7H,1-3H3;4-7H,14H2,1-3H3;2H,1H3. The number of hydrogen-bond acceptors (Lipinski definition) is 12. The van der Waals surface area contributed by atoms with Crippen LogP contribution in [0.1, 0.15) is 22.8 Å². The lowest BCUT2D eigenvalue weighted by molar-refractivity contribution is -0.385. The van der Waals surface area contributed by atoms with Crippen molar-refractivity contribution in [2.24, 2.45) is 14.1 Å². The zero-order chi connectivity index (χ0) is 32.1. The van der Waals surface area contributed by atoms with Crippen LogP contribution in [0, 0.1) is 37.8 Å². The fourth-order valence-corrected chi connectivity index (χ4v) is 4.12. The van der Waals surface area contributed by atoms with Crippen LogP contribution in [0.5, 0.6) is 0 Å². The molecule has 0 aliphatic rings. The molecule has 0 atom stereocenters. The number of aryl methyl sites for hydroxylation is 4. The van der Waals surface area contributed by atoms with E-state index >= 15 is 0 Å². The molecule has 0 aliphatic heterocycles. The zero-order valence-corrected chi connectivity index (χ0v) is 25.3. The van der Waals surface area contributed by atoms with Gasteiger partial charge in [-0.25, -0.2) is 9.36 Å². The van der Waals surface area contributed by atoms with E-state index in [9.17, 15) is 10.1 Å². The molecule has 17 heteroatoms. The van der Waals surface area contributed by atoms with Crippen LogP contribution >= 0.6 is 0 Å². The molecular weight excluding hydrogens is 568 g/mol. The molecule has 6 rings (SSSR count). The second-order valence-corrected chi connectivity index (χ2v) is 9.56. The van der Waals surface area contributed by atoms with E-state index in [1.165, 1.54) is 16.9 Å². The molecule has 0 spiro atoms. The maximum atomic E-state index is 10.9. The highest BCUT2D eigenvalue weighted by Crippen LogP contribution is 2.24. The number of aliphatic hydroxyl groups is 1. The maximum Gasteiger partial charge on any atom is 0.289 e. The van der Waals surface area contributed by atoms with Crippen molar-refractivity contribution in [2.75, 3.05) is 12.8 Å². The number of rotatable bonds is 5. The summed E-state index contributed by atoms with van der Waals surface area (Å²) in [5.74, 6) is 0. The highest BCUT2D eigenvalue weighted by molar-refractivity contribution is 5.61. The monoisotopic (exact) mass is 600 g/mol. The normalized spacial score (nSPS) is 10.5. The van der Waals surface area contributed by atoms with Gasteiger partial charge in [-0.15, -0.1) is 10.2 Å². The van der Waals surface area contributed by atoms with Gasteiger partial charge in [0.05, 0.1) is 64.4 Å². The minimum atomic E-state index is -0.487. The van der Waals surface area contributed by atoms with Crippen molar-refractivity contribution in [1.82, 2.24) is 59.5 Å². The zero-order valence-electron chi connectivity index (χ0n) is 25.3. The average Bonchev–Trinajstić information content (AvgIpc) is 3.81. The molecule has 0 bridgehead atoms. The van der Waals surface area contributed by atoms with Gasteiger partial charge in [-0.1, -0.05) is 10.4 Å². The van der Waals surface area contributed by atoms with Crippen LogP contribution in [0.15, 0.2) is 49.3 Å². The van der Waals surface area contributed by atoms with Crippen LogP contribution < -0.4 is 5.73 Å². The first kappa shape index (κ1) is 31.1. The van der Waals surface area contributed by atoms with Gasteiger partial charge in [-0.05, 0) is 33.8 Å². The summed E-state index contributed by atoms with van der Waals surface area (Å²) in [6.45, 7) is 7.59. The van der Waals surface area contributed by atoms with Crippen LogP contribution in [0.25, 0.3) is 33.9 Å². The number of nitro groups is 1. The van der Waals surface area contributed by atoms with E-state index in [-0.39, 0.29) is 5.69 Å². The molecule has 0 fully saturated rings. The van der Waals surface area contributed by atoms with Gasteiger partial charge < -0.3 is 10.8 Å². The Morgan fingerprint density at radius 3 is 1.64 bits per heavy atom. The Balaban J connectivity index is 0.000000191. The van der Waals surface area contributed by atoms with Crippen LogP contribution in [0.2, 0.25) is 0 Å². The third-order valence-corrected chi connectivity index (χ3v) is 6.84. The quantitative estimate of drug-likeness (QED) is 0.216. The smallest absolute Gasteiger partial charge is 0.289 e. The van der Waals surface area contributed by atoms with E-state index in [1.807, 2.05) is 51.8 Å². The van der Waals surface area contributed by atoms with Crippen molar-refractivity contribution in [3.05, 3.63) is 82.2 Å². The Morgan fingerprint density at radius 1 is 0.750 bits per heavy atom. The van der Waals surface area contributed by atoms with Gasteiger partial charge >= 0.3 is 0 Å². The topological polar surface area (TPSA) is 212 Å². The summed E-state index contributed by atoms with van der Waals surface area (Å²) in [5.41, 5.74) is 14.4. The number of nitrogens with zero attached hydrogens (tertiary/aromatic N) is 13. The molecule has 0 amide bonds. The highest BCUT2D eigenvalue weighted by atomic mass is 16.6. The first-order valence-corrected chi connectivity index (χ1v) is 13.1. The van der Waals surface area contributed by atoms with Gasteiger partial charge in [0.25, 0.3) is 5.69 Å². The van der Waals surface area contributed by atoms with Crippen molar-refractivity contribution in [3.8, 4) is 33.9 Å². The van der Waals surface area contributed by atoms with Crippen molar-refractivity contribution >= 4 is 11.4 Å². The number of pyridine rings is 2. The van der Waals surface area contributed by atoms with Crippen LogP contribution in [-0.2, 0) is 14.1 Å². The van der Waals surface area contributed by atoms with E-state index < -0.39 is 4.92 Å². The molecule has 0 aliphatic carbocycles. The Labute approximate surface area is 251 Å². The van der Waals surface area contributed by atoms with Crippen molar-refractivity contribution in [3.63, 3.8) is 0 Å². The summed E-state index contributed by atoms with van der Waals surface area (Å²) < 4.78 is 6.72. The minimum Gasteiger partial charge on any atom is -0.400 e. The third-order valence-electron chi connectivity index (χ3n) is 6.84. The lowest BCUT2D eigenvalue weighted by Crippen LogP contribution is -2.01. The van der Waals surface area contributed by atoms with E-state index in [0.29, 0.717) is 22.8 Å². The molecule has 0 saturated carbocycles. The first-order valence-electron chi connectivity index (χ1n) is 13.1. The fourth-order valence-electron chi connectivity index (χ4n) is 4.12. The number of nitrogen functional groups attached to an aromatic ring is 1. The average molecular weight is 601 g/mol. The largest absolute Gasteiger partial charge is 0.400 e. The number of anilines is 1. The highest BCUT2D eigenvalue weighted by Gasteiger charge is 2.16. The lowest BCUT2D eigenvalue weighted by Gasteiger charge is -2.04. The molecule has 0 aromatic carbocycles. The fraction of sp³-hybridized carbons (Fsp3) is 0.259. The predicted molar refractivity (Wildman–Crippen MR) is 161 cm³/mol. The van der Waals surface area contributed by atoms with E-state index in [1.54, 1.807) is 41.1 Å². The number of aromatic nitrogens is 12. The van der Waals surface area contributed by atoms with Gasteiger partial charge in [0, 0.05) is 49.8 Å². The molecule has 228 valence electrons. The minimum absolute atomic E-state index is 0.0878. The number of nitrogens with two attached hydrogens (primary N) is 1. The summed E-state index contributed by atoms with van der Waals surface area (Å²) in [6, 6.07) is 3.26. The molecular formula is C27H32N14O3. The van der Waals surface area contributed by atoms with E-state index in [2.05, 4.69) is 40.8 Å².